The van der Waals surface area contributed by atoms with E-state index in [9.17, 15) is 4.39 Å². The van der Waals surface area contributed by atoms with Gasteiger partial charge in [0.25, 0.3) is 0 Å². The lowest BCUT2D eigenvalue weighted by atomic mass is 10.2. The maximum Gasteiger partial charge on any atom is 0.173 e. The molecule has 0 aliphatic rings. The van der Waals surface area contributed by atoms with E-state index in [0.717, 1.165) is 5.56 Å². The molecule has 2 N–H and O–H groups in total. The average molecular weight is 388 g/mol. The molecule has 130 valence electrons. The second-order valence-electron chi connectivity index (χ2n) is 5.71. The lowest BCUT2D eigenvalue weighted by molar-refractivity contribution is 0.628. The lowest BCUT2D eigenvalue weighted by Crippen LogP contribution is -2.13. The second-order valence-corrected chi connectivity index (χ2v) is 6.53. The molecule has 0 unspecified atom stereocenters. The Morgan fingerprint density at radius 2 is 1.77 bits per heavy atom. The molecule has 0 fully saturated rings. The van der Waals surface area contributed by atoms with Gasteiger partial charge >= 0.3 is 0 Å². The molecule has 0 aliphatic carbocycles. The van der Waals surface area contributed by atoms with Gasteiger partial charge in [-0.3, -0.25) is 5.41 Å². The number of H-pyrrole nitrogens is 1. The summed E-state index contributed by atoms with van der Waals surface area (Å²) >= 11 is 12.5. The van der Waals surface area contributed by atoms with Crippen LogP contribution in [0.1, 0.15) is 5.56 Å². The third-order valence-corrected chi connectivity index (χ3v) is 4.74. The quantitative estimate of drug-likeness (QED) is 0.546. The summed E-state index contributed by atoms with van der Waals surface area (Å²) in [6.07, 6.45) is 1.53. The van der Waals surface area contributed by atoms with E-state index in [-0.39, 0.29) is 11.3 Å². The van der Waals surface area contributed by atoms with Crippen LogP contribution in [0.5, 0.6) is 0 Å². The average Bonchev–Trinajstić information content (AvgIpc) is 3.07. The standard InChI is InChI=1S/C18H12Cl2FN5/c19-13-2-1-3-14(20)12(13)8-26-9-23-16(22)15-18(26)25-17(24-15)10-4-6-11(21)7-5-10/h1-7,9,22H,8H2,(H,24,25). The Kier molecular flexibility index (Phi) is 4.22. The SMILES string of the molecule is N=c1ncn(Cc2c(Cl)cccc2Cl)c2nc(-c3ccc(F)cc3)[nH]c12. The van der Waals surface area contributed by atoms with Crippen molar-refractivity contribution >= 4 is 34.4 Å². The monoisotopic (exact) mass is 387 g/mol. The Hall–Kier alpha value is -2.70. The van der Waals surface area contributed by atoms with Crippen molar-refractivity contribution < 1.29 is 4.39 Å². The summed E-state index contributed by atoms with van der Waals surface area (Å²) in [4.78, 5) is 11.7. The minimum atomic E-state index is -0.323. The van der Waals surface area contributed by atoms with E-state index in [1.807, 2.05) is 0 Å². The number of fused-ring (bicyclic) bond motifs is 1. The summed E-state index contributed by atoms with van der Waals surface area (Å²) in [5, 5.41) is 9.11. The maximum absolute atomic E-state index is 13.2. The van der Waals surface area contributed by atoms with Crippen LogP contribution in [0.25, 0.3) is 22.6 Å². The molecule has 0 saturated heterocycles. The van der Waals surface area contributed by atoms with Crippen molar-refractivity contribution in [2.75, 3.05) is 0 Å². The number of nitrogens with zero attached hydrogens (tertiary/aromatic N) is 3. The van der Waals surface area contributed by atoms with Gasteiger partial charge < -0.3 is 9.55 Å². The first kappa shape index (κ1) is 16.8. The van der Waals surface area contributed by atoms with Gasteiger partial charge in [0, 0.05) is 21.2 Å². The molecule has 2 aromatic heterocycles. The molecule has 8 heteroatoms. The highest BCUT2D eigenvalue weighted by atomic mass is 35.5. The molecule has 2 heterocycles. The normalized spacial score (nSPS) is 11.2. The summed E-state index contributed by atoms with van der Waals surface area (Å²) in [5.41, 5.74) is 2.55. The van der Waals surface area contributed by atoms with Crippen LogP contribution in [0.3, 0.4) is 0 Å². The maximum atomic E-state index is 13.2. The van der Waals surface area contributed by atoms with Crippen LogP contribution in [0, 0.1) is 11.2 Å². The van der Waals surface area contributed by atoms with E-state index in [2.05, 4.69) is 15.0 Å². The Labute approximate surface area is 157 Å². The molecule has 0 saturated carbocycles. The number of nitrogens with one attached hydrogen (secondary N) is 2. The van der Waals surface area contributed by atoms with Crippen molar-refractivity contribution in [3.63, 3.8) is 0 Å². The Balaban J connectivity index is 1.85. The molecule has 0 spiro atoms. The lowest BCUT2D eigenvalue weighted by Gasteiger charge is -2.10. The van der Waals surface area contributed by atoms with E-state index in [1.54, 1.807) is 34.9 Å². The number of aromatic amines is 1. The van der Waals surface area contributed by atoms with Gasteiger partial charge in [-0.2, -0.15) is 0 Å². The molecular formula is C18H12Cl2FN5. The van der Waals surface area contributed by atoms with Crippen molar-refractivity contribution in [1.29, 1.82) is 5.41 Å². The zero-order valence-corrected chi connectivity index (χ0v) is 14.8. The first-order valence-electron chi connectivity index (χ1n) is 7.71. The van der Waals surface area contributed by atoms with Gasteiger partial charge in [0.2, 0.25) is 0 Å². The molecule has 0 amide bonds. The minimum Gasteiger partial charge on any atom is -0.334 e. The summed E-state index contributed by atoms with van der Waals surface area (Å²) in [6, 6.07) is 11.3. The van der Waals surface area contributed by atoms with E-state index in [4.69, 9.17) is 28.6 Å². The molecule has 5 nitrogen and oxygen atoms in total. The highest BCUT2D eigenvalue weighted by molar-refractivity contribution is 6.36. The van der Waals surface area contributed by atoms with Gasteiger partial charge in [0.05, 0.1) is 12.9 Å². The summed E-state index contributed by atoms with van der Waals surface area (Å²) in [7, 11) is 0. The molecule has 0 bridgehead atoms. The third-order valence-electron chi connectivity index (χ3n) is 4.03. The van der Waals surface area contributed by atoms with Crippen molar-refractivity contribution in [2.45, 2.75) is 6.54 Å². The number of imidazole rings is 1. The molecule has 4 aromatic rings. The van der Waals surface area contributed by atoms with Gasteiger partial charge in [-0.15, -0.1) is 0 Å². The number of hydrogen-bond donors (Lipinski definition) is 2. The fourth-order valence-corrected chi connectivity index (χ4v) is 3.21. The van der Waals surface area contributed by atoms with E-state index in [0.29, 0.717) is 39.1 Å². The van der Waals surface area contributed by atoms with Crippen molar-refractivity contribution in [1.82, 2.24) is 19.5 Å². The highest BCUT2D eigenvalue weighted by Gasteiger charge is 2.13. The number of hydrogen-bond acceptors (Lipinski definition) is 3. The Bertz CT molecular complexity index is 1140. The van der Waals surface area contributed by atoms with Gasteiger partial charge in [-0.1, -0.05) is 29.3 Å². The van der Waals surface area contributed by atoms with E-state index >= 15 is 0 Å². The number of aromatic nitrogens is 4. The van der Waals surface area contributed by atoms with Crippen LogP contribution in [0.15, 0.2) is 48.8 Å². The first-order chi connectivity index (χ1) is 12.5. The van der Waals surface area contributed by atoms with Crippen LogP contribution in [0.2, 0.25) is 10.0 Å². The van der Waals surface area contributed by atoms with Crippen molar-refractivity contribution in [3.8, 4) is 11.4 Å². The molecule has 4 rings (SSSR count). The van der Waals surface area contributed by atoms with Gasteiger partial charge in [-0.25, -0.2) is 14.4 Å². The molecule has 0 atom stereocenters. The zero-order valence-electron chi connectivity index (χ0n) is 13.3. The fraction of sp³-hybridized carbons (Fsp3) is 0.0556. The van der Waals surface area contributed by atoms with Crippen molar-refractivity contribution in [2.24, 2.45) is 0 Å². The molecule has 26 heavy (non-hydrogen) atoms. The molecular weight excluding hydrogens is 376 g/mol. The van der Waals surface area contributed by atoms with Crippen LogP contribution >= 0.6 is 23.2 Å². The summed E-state index contributed by atoms with van der Waals surface area (Å²) in [6.45, 7) is 0.357. The van der Waals surface area contributed by atoms with Crippen LogP contribution in [-0.4, -0.2) is 19.5 Å². The first-order valence-corrected chi connectivity index (χ1v) is 8.47. The van der Waals surface area contributed by atoms with Crippen LogP contribution in [0.4, 0.5) is 4.39 Å². The zero-order chi connectivity index (χ0) is 18.3. The Morgan fingerprint density at radius 3 is 2.46 bits per heavy atom. The summed E-state index contributed by atoms with van der Waals surface area (Å²) < 4.78 is 14.9. The van der Waals surface area contributed by atoms with Crippen molar-refractivity contribution in [3.05, 3.63) is 75.7 Å². The molecule has 0 aliphatic heterocycles. The predicted octanol–water partition coefficient (Wildman–Crippen LogP) is 4.40. The number of rotatable bonds is 3. The molecule has 2 aromatic carbocycles. The molecule has 0 radical (unpaired) electrons. The largest absolute Gasteiger partial charge is 0.334 e. The number of benzene rings is 2. The van der Waals surface area contributed by atoms with Gasteiger partial charge in [0.1, 0.15) is 17.2 Å². The van der Waals surface area contributed by atoms with E-state index < -0.39 is 0 Å². The van der Waals surface area contributed by atoms with Gasteiger partial charge in [0.15, 0.2) is 11.1 Å². The van der Waals surface area contributed by atoms with Crippen LogP contribution < -0.4 is 5.49 Å². The third kappa shape index (κ3) is 2.98. The Morgan fingerprint density at radius 1 is 1.08 bits per heavy atom. The fourth-order valence-electron chi connectivity index (χ4n) is 2.70. The van der Waals surface area contributed by atoms with E-state index in [1.165, 1.54) is 18.5 Å². The van der Waals surface area contributed by atoms with Gasteiger partial charge in [-0.05, 0) is 36.4 Å². The highest BCUT2D eigenvalue weighted by Crippen LogP contribution is 2.26. The minimum absolute atomic E-state index is 0.0716. The smallest absolute Gasteiger partial charge is 0.173 e. The predicted molar refractivity (Wildman–Crippen MR) is 98.7 cm³/mol. The number of halogens is 3. The second kappa shape index (κ2) is 6.55. The summed E-state index contributed by atoms with van der Waals surface area (Å²) in [5.74, 6) is 0.205. The van der Waals surface area contributed by atoms with Crippen LogP contribution in [-0.2, 0) is 6.54 Å². The topological polar surface area (TPSA) is 70.3 Å².